The van der Waals surface area contributed by atoms with E-state index in [9.17, 15) is 9.59 Å². The van der Waals surface area contributed by atoms with E-state index in [1.54, 1.807) is 6.92 Å². The number of fused-ring (bicyclic) bond motifs is 1. The summed E-state index contributed by atoms with van der Waals surface area (Å²) >= 11 is 0. The van der Waals surface area contributed by atoms with Crippen LogP contribution in [0.5, 0.6) is 5.75 Å². The van der Waals surface area contributed by atoms with Crippen LogP contribution < -0.4 is 10.1 Å². The van der Waals surface area contributed by atoms with Gasteiger partial charge in [-0.15, -0.1) is 0 Å². The highest BCUT2D eigenvalue weighted by Crippen LogP contribution is 2.22. The van der Waals surface area contributed by atoms with Gasteiger partial charge in [-0.3, -0.25) is 4.79 Å². The van der Waals surface area contributed by atoms with Crippen LogP contribution in [0.1, 0.15) is 16.1 Å². The number of aromatic nitrogens is 1. The summed E-state index contributed by atoms with van der Waals surface area (Å²) in [5, 5.41) is 3.44. The number of hydrogen-bond acceptors (Lipinski definition) is 4. The summed E-state index contributed by atoms with van der Waals surface area (Å²) in [6.07, 6.45) is 0. The van der Waals surface area contributed by atoms with Crippen molar-refractivity contribution in [1.82, 2.24) is 10.3 Å². The van der Waals surface area contributed by atoms with Crippen molar-refractivity contribution in [3.63, 3.8) is 0 Å². The fourth-order valence-electron chi connectivity index (χ4n) is 2.67. The largest absolute Gasteiger partial charge is 0.492 e. The highest BCUT2D eigenvalue weighted by atomic mass is 16.5. The summed E-state index contributed by atoms with van der Waals surface area (Å²) in [7, 11) is 0. The Morgan fingerprint density at radius 2 is 1.77 bits per heavy atom. The summed E-state index contributed by atoms with van der Waals surface area (Å²) in [4.78, 5) is 27.3. The minimum atomic E-state index is -0.518. The molecule has 0 unspecified atom stereocenters. The third kappa shape index (κ3) is 4.22. The number of aromatic amines is 1. The molecule has 26 heavy (non-hydrogen) atoms. The molecule has 1 amide bonds. The highest BCUT2D eigenvalue weighted by molar-refractivity contribution is 6.05. The van der Waals surface area contributed by atoms with Crippen LogP contribution in [0.25, 0.3) is 10.9 Å². The van der Waals surface area contributed by atoms with Crippen molar-refractivity contribution in [2.75, 3.05) is 19.8 Å². The van der Waals surface area contributed by atoms with Crippen molar-refractivity contribution in [3.05, 3.63) is 65.9 Å². The molecule has 0 aliphatic rings. The first-order valence-corrected chi connectivity index (χ1v) is 8.34. The second kappa shape index (κ2) is 8.20. The van der Waals surface area contributed by atoms with Gasteiger partial charge in [-0.05, 0) is 25.1 Å². The van der Waals surface area contributed by atoms with Gasteiger partial charge in [0.05, 0.1) is 12.1 Å². The first-order valence-electron chi connectivity index (χ1n) is 8.34. The molecule has 0 fully saturated rings. The van der Waals surface area contributed by atoms with Gasteiger partial charge < -0.3 is 19.8 Å². The van der Waals surface area contributed by atoms with E-state index in [-0.39, 0.29) is 12.5 Å². The minimum absolute atomic E-state index is 0.330. The van der Waals surface area contributed by atoms with Crippen molar-refractivity contribution in [3.8, 4) is 5.75 Å². The maximum Gasteiger partial charge on any atom is 0.341 e. The second-order valence-electron chi connectivity index (χ2n) is 5.76. The third-order valence-electron chi connectivity index (χ3n) is 3.87. The number of hydrogen-bond donors (Lipinski definition) is 2. The lowest BCUT2D eigenvalue weighted by molar-refractivity contribution is -0.124. The molecule has 0 aliphatic heterocycles. The van der Waals surface area contributed by atoms with Crippen molar-refractivity contribution < 1.29 is 19.1 Å². The first kappa shape index (κ1) is 17.5. The van der Waals surface area contributed by atoms with Crippen LogP contribution in [0.15, 0.2) is 54.6 Å². The lowest BCUT2D eigenvalue weighted by Gasteiger charge is -2.08. The Hall–Kier alpha value is -3.28. The van der Waals surface area contributed by atoms with E-state index in [2.05, 4.69) is 10.3 Å². The van der Waals surface area contributed by atoms with E-state index >= 15 is 0 Å². The number of esters is 1. The molecule has 2 N–H and O–H groups in total. The molecule has 6 nitrogen and oxygen atoms in total. The molecule has 0 saturated heterocycles. The molecule has 2 aromatic carbocycles. The van der Waals surface area contributed by atoms with Crippen LogP contribution in [0.4, 0.5) is 0 Å². The van der Waals surface area contributed by atoms with E-state index in [1.807, 2.05) is 54.6 Å². The fraction of sp³-hybridized carbons (Fsp3) is 0.200. The van der Waals surface area contributed by atoms with Crippen LogP contribution >= 0.6 is 0 Å². The molecular formula is C20H20N2O4. The zero-order valence-corrected chi connectivity index (χ0v) is 14.5. The van der Waals surface area contributed by atoms with Crippen LogP contribution in [-0.2, 0) is 9.53 Å². The van der Waals surface area contributed by atoms with Gasteiger partial charge in [0.25, 0.3) is 5.91 Å². The number of carbonyl (C=O) groups excluding carboxylic acids is 2. The Kier molecular flexibility index (Phi) is 5.53. The van der Waals surface area contributed by atoms with Gasteiger partial charge in [-0.25, -0.2) is 4.79 Å². The molecule has 0 aliphatic carbocycles. The normalized spacial score (nSPS) is 10.5. The topological polar surface area (TPSA) is 80.4 Å². The third-order valence-corrected chi connectivity index (χ3v) is 3.87. The Bertz CT molecular complexity index is 903. The number of para-hydroxylation sites is 2. The Morgan fingerprint density at radius 3 is 2.58 bits per heavy atom. The predicted octanol–water partition coefficient (Wildman–Crippen LogP) is 2.83. The number of nitrogens with one attached hydrogen (secondary N) is 2. The van der Waals surface area contributed by atoms with Gasteiger partial charge in [0.2, 0.25) is 0 Å². The average molecular weight is 352 g/mol. The Labute approximate surface area is 151 Å². The smallest absolute Gasteiger partial charge is 0.341 e. The summed E-state index contributed by atoms with van der Waals surface area (Å²) in [6.45, 7) is 2.14. The number of aryl methyl sites for hydroxylation is 1. The molecule has 0 bridgehead atoms. The quantitative estimate of drug-likeness (QED) is 0.506. The Morgan fingerprint density at radius 1 is 1.04 bits per heavy atom. The zero-order chi connectivity index (χ0) is 18.4. The second-order valence-corrected chi connectivity index (χ2v) is 5.76. The number of amides is 1. The molecule has 0 radical (unpaired) electrons. The molecular weight excluding hydrogens is 332 g/mol. The van der Waals surface area contributed by atoms with E-state index < -0.39 is 5.97 Å². The van der Waals surface area contributed by atoms with Crippen LogP contribution in [0.2, 0.25) is 0 Å². The van der Waals surface area contributed by atoms with E-state index in [4.69, 9.17) is 9.47 Å². The van der Waals surface area contributed by atoms with Crippen LogP contribution in [0, 0.1) is 6.92 Å². The lowest BCUT2D eigenvalue weighted by Crippen LogP contribution is -2.32. The van der Waals surface area contributed by atoms with Crippen molar-refractivity contribution in [2.24, 2.45) is 0 Å². The van der Waals surface area contributed by atoms with Gasteiger partial charge in [0, 0.05) is 16.6 Å². The van der Waals surface area contributed by atoms with Crippen LogP contribution in [-0.4, -0.2) is 36.6 Å². The van der Waals surface area contributed by atoms with Gasteiger partial charge in [-0.1, -0.05) is 36.4 Å². The fourth-order valence-corrected chi connectivity index (χ4v) is 2.67. The average Bonchev–Trinajstić information content (AvgIpc) is 3.00. The molecule has 6 heteroatoms. The number of rotatable bonds is 7. The van der Waals surface area contributed by atoms with E-state index in [1.165, 1.54) is 0 Å². The van der Waals surface area contributed by atoms with E-state index in [0.717, 1.165) is 16.7 Å². The van der Waals surface area contributed by atoms with Crippen molar-refractivity contribution in [1.29, 1.82) is 0 Å². The molecule has 0 spiro atoms. The molecule has 3 aromatic rings. The van der Waals surface area contributed by atoms with Gasteiger partial charge >= 0.3 is 5.97 Å². The molecule has 0 atom stereocenters. The predicted molar refractivity (Wildman–Crippen MR) is 98.3 cm³/mol. The molecule has 134 valence electrons. The molecule has 1 aromatic heterocycles. The summed E-state index contributed by atoms with van der Waals surface area (Å²) in [5.41, 5.74) is 2.04. The molecule has 0 saturated carbocycles. The molecule has 1 heterocycles. The number of ether oxygens (including phenoxy) is 2. The van der Waals surface area contributed by atoms with Crippen molar-refractivity contribution in [2.45, 2.75) is 6.92 Å². The number of benzene rings is 2. The number of H-pyrrole nitrogens is 1. The Balaban J connectivity index is 1.45. The van der Waals surface area contributed by atoms with E-state index in [0.29, 0.717) is 24.4 Å². The minimum Gasteiger partial charge on any atom is -0.492 e. The number of carbonyl (C=O) groups is 2. The van der Waals surface area contributed by atoms with Gasteiger partial charge in [0.1, 0.15) is 12.4 Å². The zero-order valence-electron chi connectivity index (χ0n) is 14.5. The summed E-state index contributed by atoms with van der Waals surface area (Å²) in [5.74, 6) is -0.147. The maximum atomic E-state index is 12.3. The standard InChI is InChI=1S/C20H20N2O4/c1-14-19(16-9-5-6-10-17(16)22-14)20(24)26-13-18(23)21-11-12-25-15-7-3-2-4-8-15/h2-10,22H,11-13H2,1H3,(H,21,23). The van der Waals surface area contributed by atoms with Crippen LogP contribution in [0.3, 0.4) is 0 Å². The van der Waals surface area contributed by atoms with Crippen molar-refractivity contribution >= 4 is 22.8 Å². The highest BCUT2D eigenvalue weighted by Gasteiger charge is 2.18. The summed E-state index contributed by atoms with van der Waals surface area (Å²) in [6, 6.07) is 16.8. The SMILES string of the molecule is Cc1[nH]c2ccccc2c1C(=O)OCC(=O)NCCOc1ccccc1. The monoisotopic (exact) mass is 352 g/mol. The van der Waals surface area contributed by atoms with Gasteiger partial charge in [0.15, 0.2) is 6.61 Å². The lowest BCUT2D eigenvalue weighted by atomic mass is 10.1. The maximum absolute atomic E-state index is 12.3. The summed E-state index contributed by atoms with van der Waals surface area (Å²) < 4.78 is 10.6. The molecule has 3 rings (SSSR count). The van der Waals surface area contributed by atoms with Gasteiger partial charge in [-0.2, -0.15) is 0 Å². The first-order chi connectivity index (χ1) is 12.6.